The van der Waals surface area contributed by atoms with Crippen LogP contribution in [0, 0.1) is 6.92 Å². The fraction of sp³-hybridized carbons (Fsp3) is 0.364. The SMILES string of the molecule is Cc1csc(CCNc2cc(C(F)(F)F)nc(NN)n2)n1. The molecule has 0 unspecified atom stereocenters. The Balaban J connectivity index is 2.05. The van der Waals surface area contributed by atoms with Crippen molar-refractivity contribution >= 4 is 23.1 Å². The van der Waals surface area contributed by atoms with Crippen LogP contribution in [0.5, 0.6) is 0 Å². The van der Waals surface area contributed by atoms with Crippen LogP contribution < -0.4 is 16.6 Å². The van der Waals surface area contributed by atoms with Gasteiger partial charge in [0.15, 0.2) is 5.69 Å². The summed E-state index contributed by atoms with van der Waals surface area (Å²) in [6.45, 7) is 2.29. The lowest BCUT2D eigenvalue weighted by molar-refractivity contribution is -0.141. The summed E-state index contributed by atoms with van der Waals surface area (Å²) in [4.78, 5) is 11.4. The van der Waals surface area contributed by atoms with Gasteiger partial charge in [-0.15, -0.1) is 11.3 Å². The number of nitrogens with zero attached hydrogens (tertiary/aromatic N) is 3. The van der Waals surface area contributed by atoms with Crippen LogP contribution in [-0.4, -0.2) is 21.5 Å². The molecule has 0 aliphatic rings. The van der Waals surface area contributed by atoms with Crippen molar-refractivity contribution in [2.75, 3.05) is 17.3 Å². The van der Waals surface area contributed by atoms with Gasteiger partial charge in [0.2, 0.25) is 5.95 Å². The Morgan fingerprint density at radius 3 is 2.62 bits per heavy atom. The third kappa shape index (κ3) is 4.26. The number of alkyl halides is 3. The molecule has 0 bridgehead atoms. The van der Waals surface area contributed by atoms with Gasteiger partial charge in [0.1, 0.15) is 5.82 Å². The van der Waals surface area contributed by atoms with Crippen LogP contribution in [0.25, 0.3) is 0 Å². The molecule has 2 aromatic rings. The van der Waals surface area contributed by atoms with Gasteiger partial charge in [-0.2, -0.15) is 18.2 Å². The van der Waals surface area contributed by atoms with Crippen LogP contribution in [0.4, 0.5) is 24.9 Å². The van der Waals surface area contributed by atoms with E-state index >= 15 is 0 Å². The smallest absolute Gasteiger partial charge is 0.369 e. The number of nitrogens with one attached hydrogen (secondary N) is 2. The van der Waals surface area contributed by atoms with Crippen molar-refractivity contribution in [1.29, 1.82) is 0 Å². The van der Waals surface area contributed by atoms with Crippen molar-refractivity contribution in [1.82, 2.24) is 15.0 Å². The number of rotatable bonds is 5. The van der Waals surface area contributed by atoms with E-state index in [2.05, 4.69) is 20.3 Å². The lowest BCUT2D eigenvalue weighted by Crippen LogP contribution is -2.17. The number of hydrazine groups is 1. The second-order valence-electron chi connectivity index (χ2n) is 4.16. The first-order valence-electron chi connectivity index (χ1n) is 5.96. The normalized spacial score (nSPS) is 11.5. The third-order valence-electron chi connectivity index (χ3n) is 2.46. The lowest BCUT2D eigenvalue weighted by Gasteiger charge is -2.11. The van der Waals surface area contributed by atoms with Crippen LogP contribution >= 0.6 is 11.3 Å². The van der Waals surface area contributed by atoms with Crippen LogP contribution in [0.2, 0.25) is 0 Å². The van der Waals surface area contributed by atoms with Crippen LogP contribution in [-0.2, 0) is 12.6 Å². The number of nitrogens with two attached hydrogens (primary N) is 1. The molecule has 10 heteroatoms. The zero-order valence-electron chi connectivity index (χ0n) is 11.0. The van der Waals surface area contributed by atoms with E-state index in [0.717, 1.165) is 16.8 Å². The molecule has 0 saturated carbocycles. The first kappa shape index (κ1) is 15.4. The molecule has 21 heavy (non-hydrogen) atoms. The first-order chi connectivity index (χ1) is 9.88. The number of anilines is 2. The molecule has 0 aliphatic carbocycles. The van der Waals surface area contributed by atoms with Crippen LogP contribution in [0.1, 0.15) is 16.4 Å². The highest BCUT2D eigenvalue weighted by atomic mass is 32.1. The van der Waals surface area contributed by atoms with E-state index in [0.29, 0.717) is 13.0 Å². The van der Waals surface area contributed by atoms with Gasteiger partial charge in [-0.1, -0.05) is 0 Å². The largest absolute Gasteiger partial charge is 0.433 e. The highest BCUT2D eigenvalue weighted by Gasteiger charge is 2.33. The molecular formula is C11H13F3N6S. The summed E-state index contributed by atoms with van der Waals surface area (Å²) in [6, 6.07) is 0.841. The Kier molecular flexibility index (Phi) is 4.58. The zero-order chi connectivity index (χ0) is 15.5. The van der Waals surface area contributed by atoms with Crippen molar-refractivity contribution in [2.24, 2.45) is 5.84 Å². The maximum atomic E-state index is 12.7. The number of hydrogen-bond acceptors (Lipinski definition) is 7. The third-order valence-corrected chi connectivity index (χ3v) is 3.48. The van der Waals surface area contributed by atoms with Gasteiger partial charge in [-0.3, -0.25) is 5.43 Å². The van der Waals surface area contributed by atoms with Crippen LogP contribution in [0.3, 0.4) is 0 Å². The van der Waals surface area contributed by atoms with E-state index in [9.17, 15) is 13.2 Å². The second kappa shape index (κ2) is 6.22. The van der Waals surface area contributed by atoms with Gasteiger partial charge in [-0.05, 0) is 6.92 Å². The standard InChI is InChI=1S/C11H13F3N6S/c1-6-5-21-9(17-6)2-3-16-8-4-7(11(12,13)14)18-10(19-8)20-15/h4-5H,2-3,15H2,1H3,(H2,16,18,19,20). The molecule has 4 N–H and O–H groups in total. The number of hydrogen-bond donors (Lipinski definition) is 3. The van der Waals surface area contributed by atoms with Crippen molar-refractivity contribution in [2.45, 2.75) is 19.5 Å². The summed E-state index contributed by atoms with van der Waals surface area (Å²) in [5, 5.41) is 5.63. The van der Waals surface area contributed by atoms with E-state index in [4.69, 9.17) is 5.84 Å². The fourth-order valence-electron chi connectivity index (χ4n) is 1.56. The maximum Gasteiger partial charge on any atom is 0.433 e. The molecule has 0 saturated heterocycles. The number of halogens is 3. The number of aryl methyl sites for hydroxylation is 1. The highest BCUT2D eigenvalue weighted by molar-refractivity contribution is 7.09. The van der Waals surface area contributed by atoms with Gasteiger partial charge in [0.25, 0.3) is 0 Å². The molecule has 114 valence electrons. The monoisotopic (exact) mass is 318 g/mol. The average Bonchev–Trinajstić information content (AvgIpc) is 2.83. The van der Waals surface area contributed by atoms with Gasteiger partial charge >= 0.3 is 6.18 Å². The molecule has 6 nitrogen and oxygen atoms in total. The summed E-state index contributed by atoms with van der Waals surface area (Å²) < 4.78 is 38.0. The summed E-state index contributed by atoms with van der Waals surface area (Å²) in [7, 11) is 0. The van der Waals surface area contributed by atoms with Crippen LogP contribution in [0.15, 0.2) is 11.4 Å². The number of nitrogen functional groups attached to an aromatic ring is 1. The first-order valence-corrected chi connectivity index (χ1v) is 6.84. The molecule has 0 aliphatic heterocycles. The van der Waals surface area contributed by atoms with E-state index in [1.54, 1.807) is 0 Å². The molecule has 0 radical (unpaired) electrons. The van der Waals surface area contributed by atoms with E-state index in [1.807, 2.05) is 17.7 Å². The second-order valence-corrected chi connectivity index (χ2v) is 5.11. The Labute approximate surface area is 122 Å². The highest BCUT2D eigenvalue weighted by Crippen LogP contribution is 2.29. The molecule has 0 fully saturated rings. The Morgan fingerprint density at radius 1 is 1.29 bits per heavy atom. The van der Waals surface area contributed by atoms with Crippen molar-refractivity contribution in [3.63, 3.8) is 0 Å². The summed E-state index contributed by atoms with van der Waals surface area (Å²) in [5.41, 5.74) is 1.88. The van der Waals surface area contributed by atoms with E-state index in [-0.39, 0.29) is 11.8 Å². The molecular weight excluding hydrogens is 305 g/mol. The predicted molar refractivity (Wildman–Crippen MR) is 73.9 cm³/mol. The average molecular weight is 318 g/mol. The van der Waals surface area contributed by atoms with Gasteiger partial charge in [0.05, 0.1) is 5.01 Å². The minimum absolute atomic E-state index is 0.0542. The molecule has 0 amide bonds. The van der Waals surface area contributed by atoms with Crippen molar-refractivity contribution < 1.29 is 13.2 Å². The fourth-order valence-corrected chi connectivity index (χ4v) is 2.34. The van der Waals surface area contributed by atoms with Gasteiger partial charge < -0.3 is 5.32 Å². The summed E-state index contributed by atoms with van der Waals surface area (Å²) >= 11 is 1.50. The van der Waals surface area contributed by atoms with E-state index in [1.165, 1.54) is 11.3 Å². The molecule has 0 aromatic carbocycles. The molecule has 0 atom stereocenters. The number of aromatic nitrogens is 3. The predicted octanol–water partition coefficient (Wildman–Crippen LogP) is 2.20. The van der Waals surface area contributed by atoms with Crippen molar-refractivity contribution in [3.05, 3.63) is 27.8 Å². The Morgan fingerprint density at radius 2 is 2.05 bits per heavy atom. The van der Waals surface area contributed by atoms with Gasteiger partial charge in [0, 0.05) is 30.1 Å². The Bertz CT molecular complexity index is 612. The lowest BCUT2D eigenvalue weighted by atomic mass is 10.3. The molecule has 2 rings (SSSR count). The topological polar surface area (TPSA) is 88.8 Å². The summed E-state index contributed by atoms with van der Waals surface area (Å²) in [6.07, 6.45) is -3.97. The van der Waals surface area contributed by atoms with Crippen molar-refractivity contribution in [3.8, 4) is 0 Å². The van der Waals surface area contributed by atoms with E-state index < -0.39 is 11.9 Å². The molecule has 2 aromatic heterocycles. The minimum atomic E-state index is -4.56. The zero-order valence-corrected chi connectivity index (χ0v) is 11.8. The molecule has 0 spiro atoms. The number of thiazole rings is 1. The maximum absolute atomic E-state index is 12.7. The minimum Gasteiger partial charge on any atom is -0.369 e. The summed E-state index contributed by atoms with van der Waals surface area (Å²) in [5.74, 6) is 4.84. The molecule has 2 heterocycles. The Hall–Kier alpha value is -1.94. The quantitative estimate of drug-likeness (QED) is 0.578. The van der Waals surface area contributed by atoms with Gasteiger partial charge in [-0.25, -0.2) is 15.8 Å².